The Hall–Kier alpha value is -4.14. The molecule has 0 aliphatic carbocycles. The molecule has 2 aromatic heterocycles. The molecule has 0 fully saturated rings. The first kappa shape index (κ1) is 28.1. The zero-order valence-electron chi connectivity index (χ0n) is 18.8. The number of nitrogens with zero attached hydrogens (tertiary/aromatic N) is 5. The van der Waals surface area contributed by atoms with Gasteiger partial charge in [0, 0.05) is 43.5 Å². The molecule has 0 spiro atoms. The van der Waals surface area contributed by atoms with E-state index in [1.54, 1.807) is 24.4 Å². The van der Waals surface area contributed by atoms with Crippen molar-refractivity contribution in [3.8, 4) is 16.8 Å². The quantitative estimate of drug-likeness (QED) is 0.482. The highest BCUT2D eigenvalue weighted by Gasteiger charge is 2.38. The van der Waals surface area contributed by atoms with E-state index in [-0.39, 0.29) is 5.69 Å². The largest absolute Gasteiger partial charge is 0.490 e. The molecule has 0 aliphatic heterocycles. The number of anilines is 1. The van der Waals surface area contributed by atoms with Crippen molar-refractivity contribution in [1.29, 1.82) is 0 Å². The highest BCUT2D eigenvalue weighted by molar-refractivity contribution is 5.73. The molecule has 2 heterocycles. The number of hydrogen-bond donors (Lipinski definition) is 2. The third kappa shape index (κ3) is 6.94. The maximum absolute atomic E-state index is 14.7. The molecule has 0 unspecified atom stereocenters. The topological polar surface area (TPSA) is 119 Å². The van der Waals surface area contributed by atoms with Gasteiger partial charge in [-0.1, -0.05) is 0 Å². The number of rotatable bonds is 6. The van der Waals surface area contributed by atoms with Crippen LogP contribution < -0.4 is 16.3 Å². The van der Waals surface area contributed by atoms with Crippen LogP contribution in [0, 0.1) is 5.82 Å². The van der Waals surface area contributed by atoms with Crippen molar-refractivity contribution >= 4 is 11.8 Å². The molecule has 0 radical (unpaired) electrons. The van der Waals surface area contributed by atoms with Gasteiger partial charge in [-0.25, -0.2) is 28.2 Å². The van der Waals surface area contributed by atoms with Crippen LogP contribution in [0.5, 0.6) is 0 Å². The maximum atomic E-state index is 14.7. The van der Waals surface area contributed by atoms with Crippen LogP contribution in [0.2, 0.25) is 0 Å². The molecule has 194 valence electrons. The van der Waals surface area contributed by atoms with E-state index in [1.807, 2.05) is 19.0 Å². The fourth-order valence-corrected chi connectivity index (χ4v) is 2.70. The summed E-state index contributed by atoms with van der Waals surface area (Å²) in [5, 5.41) is 10.9. The molecule has 0 bridgehead atoms. The number of nitrogens with two attached hydrogens (primary N) is 1. The second kappa shape index (κ2) is 11.5. The normalized spacial score (nSPS) is 10.9. The minimum absolute atomic E-state index is 0.222. The molecule has 1 aromatic carbocycles. The number of hydrogen-bond acceptors (Lipinski definition) is 6. The van der Waals surface area contributed by atoms with Gasteiger partial charge in [0.2, 0.25) is 0 Å². The summed E-state index contributed by atoms with van der Waals surface area (Å²) in [6, 6.07) is 7.76. The molecule has 15 heteroatoms. The summed E-state index contributed by atoms with van der Waals surface area (Å²) >= 11 is 0. The number of aliphatic carboxylic acids is 1. The lowest BCUT2D eigenvalue weighted by molar-refractivity contribution is -0.192. The van der Waals surface area contributed by atoms with Crippen molar-refractivity contribution in [3.63, 3.8) is 0 Å². The van der Waals surface area contributed by atoms with Crippen molar-refractivity contribution in [2.24, 2.45) is 5.73 Å². The number of carbonyl (C=O) groups is 1. The van der Waals surface area contributed by atoms with Crippen LogP contribution in [0.15, 0.2) is 59.3 Å². The molecule has 9 nitrogen and oxygen atoms in total. The summed E-state index contributed by atoms with van der Waals surface area (Å²) in [5.74, 6) is -2.58. The number of aromatic nitrogens is 4. The molecule has 0 aliphatic rings. The summed E-state index contributed by atoms with van der Waals surface area (Å²) in [4.78, 5) is 27.4. The Morgan fingerprint density at radius 2 is 1.81 bits per heavy atom. The molecule has 3 N–H and O–H groups in total. The van der Waals surface area contributed by atoms with Crippen LogP contribution in [0.4, 0.5) is 32.2 Å². The van der Waals surface area contributed by atoms with Crippen molar-refractivity contribution in [2.45, 2.75) is 12.7 Å². The summed E-state index contributed by atoms with van der Waals surface area (Å²) in [7, 11) is 3.70. The summed E-state index contributed by atoms with van der Waals surface area (Å²) in [6.07, 6.45) is -4.32. The van der Waals surface area contributed by atoms with Crippen LogP contribution in [-0.2, 0) is 11.3 Å². The van der Waals surface area contributed by atoms with Gasteiger partial charge in [0.05, 0.1) is 12.2 Å². The van der Waals surface area contributed by atoms with Gasteiger partial charge in [-0.05, 0) is 30.3 Å². The lowest BCUT2D eigenvalue weighted by Gasteiger charge is -2.12. The van der Waals surface area contributed by atoms with E-state index in [9.17, 15) is 31.1 Å². The molecule has 0 amide bonds. The Kier molecular flexibility index (Phi) is 9.00. The molecular formula is C21H20F6N6O3. The average molecular weight is 518 g/mol. The van der Waals surface area contributed by atoms with E-state index in [2.05, 4.69) is 10.1 Å². The zero-order valence-corrected chi connectivity index (χ0v) is 18.8. The SMILES string of the molecule is CN(C)c1ccc(-c2ccc(-n3cnn(CC(CN)=C(F)F)c3=O)cc2F)cn1.O=C(O)C(F)(F)F. The Balaban J connectivity index is 0.000000572. The van der Waals surface area contributed by atoms with Crippen LogP contribution in [-0.4, -0.2) is 57.2 Å². The molecule has 3 aromatic rings. The van der Waals surface area contributed by atoms with Crippen molar-refractivity contribution in [3.05, 3.63) is 70.8 Å². The molecule has 0 saturated carbocycles. The van der Waals surface area contributed by atoms with Crippen LogP contribution in [0.1, 0.15) is 0 Å². The highest BCUT2D eigenvalue weighted by Crippen LogP contribution is 2.25. The van der Waals surface area contributed by atoms with E-state index in [0.29, 0.717) is 11.1 Å². The second-order valence-corrected chi connectivity index (χ2v) is 7.28. The van der Waals surface area contributed by atoms with Crippen molar-refractivity contribution in [2.75, 3.05) is 25.5 Å². The molecule has 0 atom stereocenters. The number of halogens is 6. The lowest BCUT2D eigenvalue weighted by atomic mass is 10.1. The third-order valence-electron chi connectivity index (χ3n) is 4.58. The number of pyridine rings is 1. The van der Waals surface area contributed by atoms with Gasteiger partial charge in [-0.15, -0.1) is 0 Å². The minimum Gasteiger partial charge on any atom is -0.475 e. The third-order valence-corrected chi connectivity index (χ3v) is 4.58. The number of benzene rings is 1. The van der Waals surface area contributed by atoms with Gasteiger partial charge in [0.15, 0.2) is 0 Å². The van der Waals surface area contributed by atoms with Gasteiger partial charge in [0.1, 0.15) is 18.0 Å². The van der Waals surface area contributed by atoms with Gasteiger partial charge < -0.3 is 15.7 Å². The van der Waals surface area contributed by atoms with Crippen molar-refractivity contribution < 1.29 is 36.2 Å². The molecule has 36 heavy (non-hydrogen) atoms. The first-order chi connectivity index (χ1) is 16.8. The highest BCUT2D eigenvalue weighted by atomic mass is 19.4. The van der Waals surface area contributed by atoms with E-state index in [4.69, 9.17) is 15.6 Å². The molecule has 0 saturated heterocycles. The zero-order chi connectivity index (χ0) is 27.2. The van der Waals surface area contributed by atoms with E-state index < -0.39 is 48.4 Å². The summed E-state index contributed by atoms with van der Waals surface area (Å²) in [6.45, 7) is -0.833. The van der Waals surface area contributed by atoms with Gasteiger partial charge in [0.25, 0.3) is 6.08 Å². The maximum Gasteiger partial charge on any atom is 0.490 e. The standard InChI is InChI=1S/C19H19F3N6O.C2HF3O2/c1-26(2)17-6-3-12(9-24-17)15-5-4-14(7-16(15)20)27-11-25-28(19(27)29)10-13(8-23)18(21)22;3-2(4,5)1(6)7/h3-7,9,11H,8,10,23H2,1-2H3;(H,6,7). The second-order valence-electron chi connectivity index (χ2n) is 7.28. The Morgan fingerprint density at radius 1 is 1.17 bits per heavy atom. The monoisotopic (exact) mass is 518 g/mol. The summed E-state index contributed by atoms with van der Waals surface area (Å²) in [5.41, 5.74) is 5.31. The van der Waals surface area contributed by atoms with Gasteiger partial charge in [-0.2, -0.15) is 27.1 Å². The predicted octanol–water partition coefficient (Wildman–Crippen LogP) is 3.04. The first-order valence-corrected chi connectivity index (χ1v) is 9.87. The van der Waals surface area contributed by atoms with Gasteiger partial charge in [-0.3, -0.25) is 0 Å². The number of carboxylic acids is 1. The Bertz CT molecular complexity index is 1290. The predicted molar refractivity (Wildman–Crippen MR) is 117 cm³/mol. The van der Waals surface area contributed by atoms with Crippen LogP contribution in [0.25, 0.3) is 16.8 Å². The molecular weight excluding hydrogens is 498 g/mol. The van der Waals surface area contributed by atoms with Crippen LogP contribution >= 0.6 is 0 Å². The fraction of sp³-hybridized carbons (Fsp3) is 0.238. The first-order valence-electron chi connectivity index (χ1n) is 9.87. The lowest BCUT2D eigenvalue weighted by Crippen LogP contribution is -2.26. The number of alkyl halides is 3. The van der Waals surface area contributed by atoms with Crippen molar-refractivity contribution in [1.82, 2.24) is 19.3 Å². The fourth-order valence-electron chi connectivity index (χ4n) is 2.70. The summed E-state index contributed by atoms with van der Waals surface area (Å²) < 4.78 is 73.9. The Morgan fingerprint density at radius 3 is 2.25 bits per heavy atom. The van der Waals surface area contributed by atoms with E-state index >= 15 is 0 Å². The number of carboxylic acid groups (broad SMARTS) is 1. The van der Waals surface area contributed by atoms with E-state index in [0.717, 1.165) is 21.4 Å². The minimum atomic E-state index is -5.08. The Labute approximate surface area is 199 Å². The van der Waals surface area contributed by atoms with E-state index in [1.165, 1.54) is 12.1 Å². The average Bonchev–Trinajstić information content (AvgIpc) is 3.17. The van der Waals surface area contributed by atoms with Gasteiger partial charge >= 0.3 is 17.8 Å². The molecule has 3 rings (SSSR count). The smallest absolute Gasteiger partial charge is 0.475 e. The van der Waals surface area contributed by atoms with Crippen LogP contribution in [0.3, 0.4) is 0 Å².